The molecule has 1 aromatic carbocycles. The number of rotatable bonds is 4. The van der Waals surface area contributed by atoms with E-state index in [-0.39, 0.29) is 5.75 Å². The zero-order valence-corrected chi connectivity index (χ0v) is 11.5. The van der Waals surface area contributed by atoms with Gasteiger partial charge < -0.3 is 10.5 Å². The van der Waals surface area contributed by atoms with E-state index < -0.39 is 21.6 Å². The highest BCUT2D eigenvalue weighted by molar-refractivity contribution is 9.10. The van der Waals surface area contributed by atoms with Gasteiger partial charge in [0, 0.05) is 10.2 Å². The van der Waals surface area contributed by atoms with Gasteiger partial charge in [-0.1, -0.05) is 22.0 Å². The van der Waals surface area contributed by atoms with E-state index in [9.17, 15) is 13.2 Å². The van der Waals surface area contributed by atoms with Gasteiger partial charge in [-0.25, -0.2) is 8.42 Å². The quantitative estimate of drug-likeness (QED) is 0.663. The van der Waals surface area contributed by atoms with Crippen molar-refractivity contribution < 1.29 is 17.9 Å². The van der Waals surface area contributed by atoms with Crippen molar-refractivity contribution in [1.82, 2.24) is 0 Å². The molecule has 0 bridgehead atoms. The summed E-state index contributed by atoms with van der Waals surface area (Å²) in [6, 6.07) is 4.82. The Kier molecular flexibility index (Phi) is 4.53. The molecule has 0 fully saturated rings. The van der Waals surface area contributed by atoms with Crippen molar-refractivity contribution in [2.45, 2.75) is 5.75 Å². The van der Waals surface area contributed by atoms with Crippen molar-refractivity contribution >= 4 is 37.4 Å². The maximum Gasteiger partial charge on any atom is 0.320 e. The normalized spacial score (nSPS) is 11.2. The van der Waals surface area contributed by atoms with Crippen LogP contribution in [0, 0.1) is 0 Å². The summed E-state index contributed by atoms with van der Waals surface area (Å²) in [5.74, 6) is -1.62. The van der Waals surface area contributed by atoms with Gasteiger partial charge in [0.25, 0.3) is 0 Å². The molecule has 94 valence electrons. The first kappa shape index (κ1) is 14.0. The van der Waals surface area contributed by atoms with E-state index in [2.05, 4.69) is 20.7 Å². The second kappa shape index (κ2) is 5.50. The molecular formula is C10H12BrNO4S. The van der Waals surface area contributed by atoms with Crippen LogP contribution in [0.4, 0.5) is 5.69 Å². The van der Waals surface area contributed by atoms with Crippen LogP contribution in [0.2, 0.25) is 0 Å². The van der Waals surface area contributed by atoms with Gasteiger partial charge in [0.05, 0.1) is 12.9 Å². The lowest BCUT2D eigenvalue weighted by atomic mass is 10.2. The molecule has 0 aliphatic carbocycles. The predicted molar refractivity (Wildman–Crippen MR) is 68.1 cm³/mol. The van der Waals surface area contributed by atoms with Gasteiger partial charge in [0.1, 0.15) is 5.75 Å². The van der Waals surface area contributed by atoms with E-state index in [1.54, 1.807) is 18.2 Å². The van der Waals surface area contributed by atoms with Crippen LogP contribution >= 0.6 is 15.9 Å². The van der Waals surface area contributed by atoms with E-state index >= 15 is 0 Å². The monoisotopic (exact) mass is 321 g/mol. The van der Waals surface area contributed by atoms with Gasteiger partial charge in [0.15, 0.2) is 9.84 Å². The molecule has 0 radical (unpaired) electrons. The number of anilines is 1. The number of hydrogen-bond acceptors (Lipinski definition) is 5. The number of carbonyl (C=O) groups is 1. The number of methoxy groups -OCH3 is 1. The van der Waals surface area contributed by atoms with Crippen LogP contribution in [0.15, 0.2) is 22.7 Å². The Morgan fingerprint density at radius 3 is 2.65 bits per heavy atom. The summed E-state index contributed by atoms with van der Waals surface area (Å²) in [5, 5.41) is 0. The number of hydrogen-bond donors (Lipinski definition) is 1. The maximum absolute atomic E-state index is 11.7. The van der Waals surface area contributed by atoms with Gasteiger partial charge in [-0.3, -0.25) is 4.79 Å². The number of carbonyl (C=O) groups excluding carboxylic acids is 1. The van der Waals surface area contributed by atoms with Gasteiger partial charge >= 0.3 is 5.97 Å². The molecule has 0 saturated heterocycles. The molecule has 1 rings (SSSR count). The smallest absolute Gasteiger partial charge is 0.320 e. The lowest BCUT2D eigenvalue weighted by Gasteiger charge is -2.06. The van der Waals surface area contributed by atoms with Crippen LogP contribution in [0.25, 0.3) is 0 Å². The molecule has 2 N–H and O–H groups in total. The first-order valence-electron chi connectivity index (χ1n) is 4.65. The Hall–Kier alpha value is -1.08. The molecule has 5 nitrogen and oxygen atoms in total. The first-order chi connectivity index (χ1) is 7.84. The Bertz CT molecular complexity index is 527. The molecule has 1 aromatic rings. The first-order valence-corrected chi connectivity index (χ1v) is 7.26. The molecule has 0 aliphatic heterocycles. The Labute approximate surface area is 108 Å². The van der Waals surface area contributed by atoms with Crippen LogP contribution in [-0.2, 0) is 25.1 Å². The minimum Gasteiger partial charge on any atom is -0.468 e. The van der Waals surface area contributed by atoms with E-state index in [4.69, 9.17) is 5.73 Å². The van der Waals surface area contributed by atoms with Crippen LogP contribution in [0.5, 0.6) is 0 Å². The largest absolute Gasteiger partial charge is 0.468 e. The number of nitrogens with two attached hydrogens (primary N) is 1. The van der Waals surface area contributed by atoms with E-state index in [1.165, 1.54) is 0 Å². The predicted octanol–water partition coefficient (Wildman–Crippen LogP) is 1.12. The van der Waals surface area contributed by atoms with Crippen LogP contribution < -0.4 is 5.73 Å². The summed E-state index contributed by atoms with van der Waals surface area (Å²) >= 11 is 3.22. The van der Waals surface area contributed by atoms with Gasteiger partial charge in [-0.2, -0.15) is 0 Å². The van der Waals surface area contributed by atoms with Crippen LogP contribution in [-0.4, -0.2) is 27.2 Å². The average Bonchev–Trinajstić information content (AvgIpc) is 2.21. The summed E-state index contributed by atoms with van der Waals surface area (Å²) in [5.41, 5.74) is 6.63. The molecule has 7 heteroatoms. The number of ether oxygens (including phenoxy) is 1. The summed E-state index contributed by atoms with van der Waals surface area (Å²) < 4.78 is 28.2. The SMILES string of the molecule is COC(=O)CS(=O)(=O)Cc1ccc(N)cc1Br. The number of benzene rings is 1. The fourth-order valence-corrected chi connectivity index (χ4v) is 3.23. The van der Waals surface area contributed by atoms with Crippen molar-refractivity contribution in [3.8, 4) is 0 Å². The molecule has 0 amide bonds. The zero-order chi connectivity index (χ0) is 13.1. The second-order valence-electron chi connectivity index (χ2n) is 3.46. The van der Waals surface area contributed by atoms with Crippen molar-refractivity contribution in [2.24, 2.45) is 0 Å². The molecule has 0 unspecified atom stereocenters. The lowest BCUT2D eigenvalue weighted by Crippen LogP contribution is -2.19. The van der Waals surface area contributed by atoms with Crippen LogP contribution in [0.3, 0.4) is 0 Å². The minimum absolute atomic E-state index is 0.233. The zero-order valence-electron chi connectivity index (χ0n) is 9.14. The average molecular weight is 322 g/mol. The van der Waals surface area contributed by atoms with Crippen LogP contribution in [0.1, 0.15) is 5.56 Å². The number of nitrogen functional groups attached to an aromatic ring is 1. The highest BCUT2D eigenvalue weighted by atomic mass is 79.9. The summed E-state index contributed by atoms with van der Waals surface area (Å²) in [6.07, 6.45) is 0. The topological polar surface area (TPSA) is 86.5 Å². The fourth-order valence-electron chi connectivity index (χ4n) is 1.21. The number of sulfone groups is 1. The highest BCUT2D eigenvalue weighted by Crippen LogP contribution is 2.22. The van der Waals surface area contributed by atoms with Gasteiger partial charge in [-0.15, -0.1) is 0 Å². The lowest BCUT2D eigenvalue weighted by molar-refractivity contribution is -0.137. The molecule has 17 heavy (non-hydrogen) atoms. The minimum atomic E-state index is -3.53. The summed E-state index contributed by atoms with van der Waals surface area (Å²) in [6.45, 7) is 0. The van der Waals surface area contributed by atoms with Crippen molar-refractivity contribution in [1.29, 1.82) is 0 Å². The van der Waals surface area contributed by atoms with E-state index in [0.717, 1.165) is 7.11 Å². The maximum atomic E-state index is 11.7. The van der Waals surface area contributed by atoms with Crippen molar-refractivity contribution in [3.05, 3.63) is 28.2 Å². The third-order valence-electron chi connectivity index (χ3n) is 2.02. The standard InChI is InChI=1S/C10H12BrNO4S/c1-16-10(13)6-17(14,15)5-7-2-3-8(12)4-9(7)11/h2-4H,5-6,12H2,1H3. The van der Waals surface area contributed by atoms with Crippen molar-refractivity contribution in [2.75, 3.05) is 18.6 Å². The summed E-state index contributed by atoms with van der Waals surface area (Å²) in [7, 11) is -2.38. The molecule has 0 saturated carbocycles. The molecule has 0 aromatic heterocycles. The Balaban J connectivity index is 2.87. The number of halogens is 1. The second-order valence-corrected chi connectivity index (χ2v) is 6.38. The third-order valence-corrected chi connectivity index (χ3v) is 4.18. The van der Waals surface area contributed by atoms with Gasteiger partial charge in [-0.05, 0) is 17.7 Å². The molecule has 0 heterocycles. The van der Waals surface area contributed by atoms with Gasteiger partial charge in [0.2, 0.25) is 0 Å². The third kappa shape index (κ3) is 4.35. The number of esters is 1. The van der Waals surface area contributed by atoms with Crippen molar-refractivity contribution in [3.63, 3.8) is 0 Å². The molecule has 0 atom stereocenters. The molecule has 0 spiro atoms. The fraction of sp³-hybridized carbons (Fsp3) is 0.300. The van der Waals surface area contributed by atoms with E-state index in [1.807, 2.05) is 0 Å². The Morgan fingerprint density at radius 2 is 2.12 bits per heavy atom. The molecular weight excluding hydrogens is 310 g/mol. The van der Waals surface area contributed by atoms with E-state index in [0.29, 0.717) is 15.7 Å². The molecule has 0 aliphatic rings. The summed E-state index contributed by atoms with van der Waals surface area (Å²) in [4.78, 5) is 10.9. The Morgan fingerprint density at radius 1 is 1.47 bits per heavy atom. The highest BCUT2D eigenvalue weighted by Gasteiger charge is 2.19.